The van der Waals surface area contributed by atoms with Crippen molar-refractivity contribution < 1.29 is 4.42 Å². The third-order valence-electron chi connectivity index (χ3n) is 3.50. The summed E-state index contributed by atoms with van der Waals surface area (Å²) in [5.74, 6) is 1.09. The lowest BCUT2D eigenvalue weighted by molar-refractivity contribution is 0.204. The Labute approximate surface area is 112 Å². The van der Waals surface area contributed by atoms with Crippen LogP contribution in [0.2, 0.25) is 0 Å². The van der Waals surface area contributed by atoms with Crippen molar-refractivity contribution in [2.75, 3.05) is 7.05 Å². The number of nitrogens with one attached hydrogen (secondary N) is 1. The maximum atomic E-state index is 5.63. The van der Waals surface area contributed by atoms with Gasteiger partial charge in [-0.25, -0.2) is 0 Å². The molecule has 1 N–H and O–H groups in total. The second-order valence-corrected chi connectivity index (χ2v) is 5.29. The minimum absolute atomic E-state index is 0.504. The van der Waals surface area contributed by atoms with Crippen LogP contribution in [0.1, 0.15) is 51.9 Å². The van der Waals surface area contributed by atoms with Crippen LogP contribution < -0.4 is 5.32 Å². The summed E-state index contributed by atoms with van der Waals surface area (Å²) < 4.78 is 5.63. The van der Waals surface area contributed by atoms with E-state index < -0.39 is 0 Å². The highest BCUT2D eigenvalue weighted by molar-refractivity contribution is 5.17. The molecule has 0 unspecified atom stereocenters. The molecule has 0 atom stereocenters. The van der Waals surface area contributed by atoms with Gasteiger partial charge in [0.2, 0.25) is 0 Å². The largest absolute Gasteiger partial charge is 0.468 e. The Morgan fingerprint density at radius 3 is 2.50 bits per heavy atom. The van der Waals surface area contributed by atoms with Crippen LogP contribution >= 0.6 is 0 Å². The molecule has 3 heteroatoms. The van der Waals surface area contributed by atoms with Crippen molar-refractivity contribution in [1.82, 2.24) is 10.2 Å². The van der Waals surface area contributed by atoms with Crippen LogP contribution in [0, 0.1) is 0 Å². The molecule has 0 aromatic carbocycles. The van der Waals surface area contributed by atoms with E-state index in [1.54, 1.807) is 6.26 Å². The molecule has 0 aliphatic carbocycles. The second-order valence-electron chi connectivity index (χ2n) is 5.29. The van der Waals surface area contributed by atoms with Gasteiger partial charge in [0.25, 0.3) is 0 Å². The lowest BCUT2D eigenvalue weighted by Crippen LogP contribution is -2.30. The van der Waals surface area contributed by atoms with Crippen LogP contribution in [-0.4, -0.2) is 24.0 Å². The van der Waals surface area contributed by atoms with Crippen LogP contribution in [0.15, 0.2) is 16.7 Å². The summed E-state index contributed by atoms with van der Waals surface area (Å²) in [6, 6.07) is 3.22. The van der Waals surface area contributed by atoms with Crippen LogP contribution in [0.25, 0.3) is 0 Å². The lowest BCUT2D eigenvalue weighted by Gasteiger charge is -2.25. The SMILES string of the molecule is CCC(CC)N(C)Cc1occc1CNC(C)C. The molecule has 1 aromatic rings. The third-order valence-corrected chi connectivity index (χ3v) is 3.50. The zero-order valence-electron chi connectivity index (χ0n) is 12.5. The average Bonchev–Trinajstić information content (AvgIpc) is 2.75. The fourth-order valence-electron chi connectivity index (χ4n) is 2.24. The number of hydrogen-bond donors (Lipinski definition) is 1. The van der Waals surface area contributed by atoms with E-state index in [9.17, 15) is 0 Å². The van der Waals surface area contributed by atoms with Crippen LogP contribution in [0.3, 0.4) is 0 Å². The normalized spacial score (nSPS) is 12.0. The van der Waals surface area contributed by atoms with Crippen molar-refractivity contribution in [3.05, 3.63) is 23.7 Å². The van der Waals surface area contributed by atoms with Gasteiger partial charge in [0, 0.05) is 24.2 Å². The van der Waals surface area contributed by atoms with Crippen molar-refractivity contribution in [2.24, 2.45) is 0 Å². The van der Waals surface area contributed by atoms with E-state index in [4.69, 9.17) is 4.42 Å². The van der Waals surface area contributed by atoms with Gasteiger partial charge in [-0.3, -0.25) is 4.90 Å². The molecule has 104 valence electrons. The Balaban J connectivity index is 2.58. The maximum absolute atomic E-state index is 5.63. The minimum atomic E-state index is 0.504. The van der Waals surface area contributed by atoms with Gasteiger partial charge in [-0.05, 0) is 26.0 Å². The molecule has 0 amide bonds. The van der Waals surface area contributed by atoms with Gasteiger partial charge in [-0.1, -0.05) is 27.7 Å². The fraction of sp³-hybridized carbons (Fsp3) is 0.733. The van der Waals surface area contributed by atoms with Gasteiger partial charge < -0.3 is 9.73 Å². The fourth-order valence-corrected chi connectivity index (χ4v) is 2.24. The predicted octanol–water partition coefficient (Wildman–Crippen LogP) is 3.40. The van der Waals surface area contributed by atoms with E-state index in [0.29, 0.717) is 12.1 Å². The molecule has 0 aliphatic rings. The highest BCUT2D eigenvalue weighted by Crippen LogP contribution is 2.16. The Hall–Kier alpha value is -0.800. The summed E-state index contributed by atoms with van der Waals surface area (Å²) in [6.45, 7) is 10.6. The molecular formula is C15H28N2O. The van der Waals surface area contributed by atoms with Gasteiger partial charge in [0.15, 0.2) is 0 Å². The molecule has 18 heavy (non-hydrogen) atoms. The maximum Gasteiger partial charge on any atom is 0.122 e. The van der Waals surface area contributed by atoms with Gasteiger partial charge in [0.1, 0.15) is 5.76 Å². The molecular weight excluding hydrogens is 224 g/mol. The van der Waals surface area contributed by atoms with E-state index in [-0.39, 0.29) is 0 Å². The summed E-state index contributed by atoms with van der Waals surface area (Å²) >= 11 is 0. The smallest absolute Gasteiger partial charge is 0.122 e. The summed E-state index contributed by atoms with van der Waals surface area (Å²) in [5.41, 5.74) is 1.28. The molecule has 0 saturated heterocycles. The summed E-state index contributed by atoms with van der Waals surface area (Å²) in [6.07, 6.45) is 4.17. The standard InChI is InChI=1S/C15H28N2O/c1-6-14(7-2)17(5)11-15-13(8-9-18-15)10-16-12(3)4/h8-9,12,14,16H,6-7,10-11H2,1-5H3. The van der Waals surface area contributed by atoms with Crippen molar-refractivity contribution in [3.8, 4) is 0 Å². The Kier molecular flexibility index (Phi) is 6.44. The first-order valence-corrected chi connectivity index (χ1v) is 7.07. The van der Waals surface area contributed by atoms with Crippen molar-refractivity contribution >= 4 is 0 Å². The Morgan fingerprint density at radius 2 is 1.94 bits per heavy atom. The first kappa shape index (κ1) is 15.3. The summed E-state index contributed by atoms with van der Waals surface area (Å²) in [4.78, 5) is 2.39. The quantitative estimate of drug-likeness (QED) is 0.768. The molecule has 0 aliphatic heterocycles. The molecule has 0 radical (unpaired) electrons. The monoisotopic (exact) mass is 252 g/mol. The first-order chi connectivity index (χ1) is 8.58. The molecule has 0 bridgehead atoms. The number of hydrogen-bond acceptors (Lipinski definition) is 3. The average molecular weight is 252 g/mol. The Morgan fingerprint density at radius 1 is 1.28 bits per heavy atom. The summed E-state index contributed by atoms with van der Waals surface area (Å²) in [7, 11) is 2.18. The van der Waals surface area contributed by atoms with Gasteiger partial charge in [-0.15, -0.1) is 0 Å². The van der Waals surface area contributed by atoms with Crippen LogP contribution in [-0.2, 0) is 13.1 Å². The van der Waals surface area contributed by atoms with E-state index in [0.717, 1.165) is 18.8 Å². The molecule has 0 spiro atoms. The first-order valence-electron chi connectivity index (χ1n) is 7.07. The van der Waals surface area contributed by atoms with Crippen LogP contribution in [0.4, 0.5) is 0 Å². The van der Waals surface area contributed by atoms with Crippen LogP contribution in [0.5, 0.6) is 0 Å². The summed E-state index contributed by atoms with van der Waals surface area (Å²) in [5, 5.41) is 3.44. The van der Waals surface area contributed by atoms with E-state index in [1.165, 1.54) is 18.4 Å². The molecule has 3 nitrogen and oxygen atoms in total. The zero-order valence-corrected chi connectivity index (χ0v) is 12.5. The number of rotatable bonds is 8. The zero-order chi connectivity index (χ0) is 13.5. The van der Waals surface area contributed by atoms with E-state index in [1.807, 2.05) is 0 Å². The highest BCUT2D eigenvalue weighted by Gasteiger charge is 2.14. The molecule has 1 heterocycles. The van der Waals surface area contributed by atoms with Gasteiger partial charge in [-0.2, -0.15) is 0 Å². The lowest BCUT2D eigenvalue weighted by atomic mass is 10.1. The second kappa shape index (κ2) is 7.59. The van der Waals surface area contributed by atoms with Gasteiger partial charge in [0.05, 0.1) is 12.8 Å². The molecule has 0 saturated carbocycles. The molecule has 1 rings (SSSR count). The van der Waals surface area contributed by atoms with Gasteiger partial charge >= 0.3 is 0 Å². The highest BCUT2D eigenvalue weighted by atomic mass is 16.3. The minimum Gasteiger partial charge on any atom is -0.468 e. The van der Waals surface area contributed by atoms with E-state index in [2.05, 4.69) is 51.0 Å². The topological polar surface area (TPSA) is 28.4 Å². The number of nitrogens with zero attached hydrogens (tertiary/aromatic N) is 1. The van der Waals surface area contributed by atoms with Crippen molar-refractivity contribution in [3.63, 3.8) is 0 Å². The number of furan rings is 1. The predicted molar refractivity (Wildman–Crippen MR) is 76.5 cm³/mol. The van der Waals surface area contributed by atoms with Crippen molar-refractivity contribution in [1.29, 1.82) is 0 Å². The Bertz CT molecular complexity index is 329. The molecule has 0 fully saturated rings. The molecule has 1 aromatic heterocycles. The third kappa shape index (κ3) is 4.46. The van der Waals surface area contributed by atoms with E-state index >= 15 is 0 Å². The van der Waals surface area contributed by atoms with Crippen molar-refractivity contribution in [2.45, 2.75) is 65.7 Å².